The molecule has 0 aliphatic rings. The van der Waals surface area contributed by atoms with Crippen molar-refractivity contribution in [1.82, 2.24) is 0 Å². The third-order valence-corrected chi connectivity index (χ3v) is 19.3. The van der Waals surface area contributed by atoms with E-state index >= 15 is 0 Å². The largest absolute Gasteiger partial charge is 0.121 e. The number of hydrogen-bond acceptors (Lipinski definition) is 2. The van der Waals surface area contributed by atoms with Gasteiger partial charge in [-0.3, -0.25) is 0 Å². The van der Waals surface area contributed by atoms with Gasteiger partial charge in [0.2, 0.25) is 16.6 Å². The summed E-state index contributed by atoms with van der Waals surface area (Å²) in [5.74, 6) is 2.05. The average molecular weight is 835 g/mol. The van der Waals surface area contributed by atoms with Crippen LogP contribution in [0, 0.1) is 0 Å². The van der Waals surface area contributed by atoms with Crippen molar-refractivity contribution in [3.63, 3.8) is 0 Å². The smallest absolute Gasteiger partial charge is 0.0631 e. The van der Waals surface area contributed by atoms with Crippen LogP contribution in [0.3, 0.4) is 0 Å². The molecule has 0 aliphatic carbocycles. The fourth-order valence-corrected chi connectivity index (χ4v) is 7.55. The van der Waals surface area contributed by atoms with E-state index in [4.69, 9.17) is 25.9 Å². The van der Waals surface area contributed by atoms with Gasteiger partial charge in [-0.2, -0.15) is 0 Å². The Morgan fingerprint density at radius 1 is 0.520 bits per heavy atom. The van der Waals surface area contributed by atoms with Crippen molar-refractivity contribution in [2.75, 3.05) is 0 Å². The van der Waals surface area contributed by atoms with E-state index in [9.17, 15) is 0 Å². The maximum absolute atomic E-state index is 6.29. The van der Waals surface area contributed by atoms with Gasteiger partial charge in [0, 0.05) is 11.5 Å². The maximum Gasteiger partial charge on any atom is 0.121 e. The van der Waals surface area contributed by atoms with E-state index in [0.29, 0.717) is 0 Å². The Morgan fingerprint density at radius 2 is 0.820 bits per heavy atom. The minimum absolute atomic E-state index is 0.246. The quantitative estimate of drug-likeness (QED) is 0.123. The van der Waals surface area contributed by atoms with E-state index in [0.717, 1.165) is 21.0 Å². The van der Waals surface area contributed by atoms with Crippen LogP contribution in [0.4, 0.5) is 0 Å². The van der Waals surface area contributed by atoms with E-state index in [1.807, 2.05) is 0 Å². The zero-order valence-corrected chi connectivity index (χ0v) is 38.2. The molecule has 0 atom stereocenters. The number of fused-ring (bicyclic) bond motifs is 2. The summed E-state index contributed by atoms with van der Waals surface area (Å²) >= 11 is -0.826. The Hall–Kier alpha value is -2.19. The summed E-state index contributed by atoms with van der Waals surface area (Å²) in [7, 11) is 7.23. The topological polar surface area (TPSA) is 18.5 Å². The summed E-state index contributed by atoms with van der Waals surface area (Å²) in [6.45, 7) is 22.7. The summed E-state index contributed by atoms with van der Waals surface area (Å²) < 4.78 is 12.6. The van der Waals surface area contributed by atoms with Gasteiger partial charge in [0.15, 0.2) is 0 Å². The molecular formula is C42H52Cl2O2Si3Zr. The van der Waals surface area contributed by atoms with Crippen LogP contribution in [0.2, 0.25) is 36.3 Å². The van der Waals surface area contributed by atoms with E-state index < -0.39 is 37.5 Å². The molecule has 0 N–H and O–H groups in total. The molecule has 0 fully saturated rings. The summed E-state index contributed by atoms with van der Waals surface area (Å²) in [6.07, 6.45) is 0. The Morgan fingerprint density at radius 3 is 1.12 bits per heavy atom. The summed E-state index contributed by atoms with van der Waals surface area (Å²) in [5.41, 5.74) is 0. The molecule has 0 saturated heterocycles. The Labute approximate surface area is 325 Å². The first-order valence-corrected chi connectivity index (χ1v) is 30.1. The normalized spacial score (nSPS) is 11.6. The van der Waals surface area contributed by atoms with Crippen LogP contribution in [-0.2, 0) is 20.8 Å². The van der Waals surface area contributed by atoms with Gasteiger partial charge in [-0.1, -0.05) is 125 Å². The number of rotatable bonds is 6. The minimum Gasteiger partial charge on any atom is -0.0631 e. The van der Waals surface area contributed by atoms with Gasteiger partial charge < -0.3 is 8.85 Å². The van der Waals surface area contributed by atoms with Crippen molar-refractivity contribution in [1.29, 1.82) is 0 Å². The molecule has 2 radical (unpaired) electrons. The summed E-state index contributed by atoms with van der Waals surface area (Å²) in [5, 5.41) is 8.35. The van der Waals surface area contributed by atoms with Gasteiger partial charge in [0.25, 0.3) is 0 Å². The van der Waals surface area contributed by atoms with Crippen molar-refractivity contribution in [3.8, 4) is 11.5 Å². The SMILES string of the molecule is CC(C)(C)[Si](C)(C)Oc1cc2ccccc2[cH-]1.CC(C)(C)[Si](C)(C)Oc1cc2ccccc2[cH-]1.[Cl][Zr+2][Cl].c1ccc([Si]c2ccccc2)cc1. The molecule has 6 rings (SSSR count). The number of hydrogen-bond donors (Lipinski definition) is 0. The molecule has 262 valence electrons. The van der Waals surface area contributed by atoms with Gasteiger partial charge in [-0.05, 0) is 36.3 Å². The predicted octanol–water partition coefficient (Wildman–Crippen LogP) is 12.6. The van der Waals surface area contributed by atoms with E-state index in [1.165, 1.54) is 31.9 Å². The molecule has 0 amide bonds. The second kappa shape index (κ2) is 19.1. The first-order valence-electron chi connectivity index (χ1n) is 17.0. The maximum atomic E-state index is 6.29. The van der Waals surface area contributed by atoms with Crippen LogP contribution in [0.1, 0.15) is 41.5 Å². The molecule has 8 heteroatoms. The Kier molecular flexibility index (Phi) is 16.1. The van der Waals surface area contributed by atoms with Crippen LogP contribution >= 0.6 is 17.0 Å². The number of benzene rings is 4. The molecule has 6 aromatic rings. The van der Waals surface area contributed by atoms with Crippen LogP contribution < -0.4 is 19.2 Å². The predicted molar refractivity (Wildman–Crippen MR) is 224 cm³/mol. The molecular weight excluding hydrogens is 783 g/mol. The fraction of sp³-hybridized carbons (Fsp3) is 0.286. The number of halogens is 2. The van der Waals surface area contributed by atoms with E-state index in [2.05, 4.69) is 201 Å². The molecule has 50 heavy (non-hydrogen) atoms. The second-order valence-electron chi connectivity index (χ2n) is 15.3. The van der Waals surface area contributed by atoms with E-state index in [1.54, 1.807) is 0 Å². The van der Waals surface area contributed by atoms with Crippen molar-refractivity contribution in [2.45, 2.75) is 77.8 Å². The van der Waals surface area contributed by atoms with Crippen molar-refractivity contribution in [2.24, 2.45) is 0 Å². The molecule has 0 aliphatic heterocycles. The molecule has 0 unspecified atom stereocenters. The second-order valence-corrected chi connectivity index (χ2v) is 29.9. The van der Waals surface area contributed by atoms with Crippen molar-refractivity contribution < 1.29 is 29.7 Å². The molecule has 0 bridgehead atoms. The standard InChI is InChI=1S/2C15H21OSi.C12H10Si.2ClH.Zr/c2*1-15(2,3)17(4,5)16-14-10-12-8-6-7-9-13(12)11-14;1-3-7-11(8-4-1)13-12-9-5-2-6-10-12;;;/h2*6-11H,1-5H3;1-10H;2*1H;/q2*-1;;;;+4/p-2. The zero-order valence-electron chi connectivity index (χ0n) is 31.3. The first-order chi connectivity index (χ1) is 23.5. The Balaban J connectivity index is 0.000000197. The van der Waals surface area contributed by atoms with Gasteiger partial charge in [-0.25, -0.2) is 0 Å². The van der Waals surface area contributed by atoms with Crippen LogP contribution in [0.5, 0.6) is 11.5 Å². The average Bonchev–Trinajstić information content (AvgIpc) is 3.64. The molecule has 2 nitrogen and oxygen atoms in total. The third-order valence-electron chi connectivity index (χ3n) is 9.38. The van der Waals surface area contributed by atoms with Crippen molar-refractivity contribution >= 4 is 75.1 Å². The Bertz CT molecular complexity index is 1650. The summed E-state index contributed by atoms with van der Waals surface area (Å²) in [4.78, 5) is 0. The molecule has 0 spiro atoms. The molecule has 0 heterocycles. The monoisotopic (exact) mass is 832 g/mol. The van der Waals surface area contributed by atoms with E-state index in [-0.39, 0.29) is 10.1 Å². The van der Waals surface area contributed by atoms with Gasteiger partial charge in [0.1, 0.15) is 9.52 Å². The molecule has 0 aromatic heterocycles. The van der Waals surface area contributed by atoms with Crippen LogP contribution in [0.25, 0.3) is 21.5 Å². The first kappa shape index (κ1) is 42.2. The third kappa shape index (κ3) is 13.1. The fourth-order valence-electron chi connectivity index (χ4n) is 4.47. The van der Waals surface area contributed by atoms with Gasteiger partial charge >= 0.3 is 37.9 Å². The van der Waals surface area contributed by atoms with Crippen LogP contribution in [-0.4, -0.2) is 26.2 Å². The zero-order chi connectivity index (χ0) is 37.0. The minimum atomic E-state index is -1.71. The van der Waals surface area contributed by atoms with Gasteiger partial charge in [0.05, 0.1) is 0 Å². The van der Waals surface area contributed by atoms with Crippen LogP contribution in [0.15, 0.2) is 133 Å². The molecule has 6 aromatic carbocycles. The molecule has 0 saturated carbocycles. The van der Waals surface area contributed by atoms with Crippen molar-refractivity contribution in [3.05, 3.63) is 133 Å². The van der Waals surface area contributed by atoms with Gasteiger partial charge in [-0.15, -0.1) is 82.2 Å². The summed E-state index contributed by atoms with van der Waals surface area (Å²) in [6, 6.07) is 46.5.